The fourth-order valence-corrected chi connectivity index (χ4v) is 4.76. The Hall–Kier alpha value is -4.15. The van der Waals surface area contributed by atoms with E-state index < -0.39 is 0 Å². The lowest BCUT2D eigenvalue weighted by molar-refractivity contribution is 0.165. The van der Waals surface area contributed by atoms with Crippen LogP contribution < -0.4 is 20.7 Å². The van der Waals surface area contributed by atoms with Crippen LogP contribution in [0, 0.1) is 6.92 Å². The average Bonchev–Trinajstić information content (AvgIpc) is 2.89. The van der Waals surface area contributed by atoms with E-state index in [1.165, 1.54) is 0 Å². The minimum Gasteiger partial charge on any atom is -0.496 e. The Balaban J connectivity index is 1.30. The van der Waals surface area contributed by atoms with Crippen LogP contribution in [-0.2, 0) is 6.54 Å². The minimum absolute atomic E-state index is 0.453. The van der Waals surface area contributed by atoms with E-state index in [4.69, 9.17) is 4.74 Å². The molecule has 3 aromatic heterocycles. The number of pyridine rings is 1. The number of methoxy groups -OCH3 is 1. The number of benzene rings is 1. The van der Waals surface area contributed by atoms with Crippen LogP contribution in [0.3, 0.4) is 0 Å². The van der Waals surface area contributed by atoms with E-state index >= 15 is 0 Å². The zero-order chi connectivity index (χ0) is 26.5. The Labute approximate surface area is 223 Å². The molecule has 1 aliphatic heterocycles. The molecule has 38 heavy (non-hydrogen) atoms. The number of aryl methyl sites for hydroxylation is 1. The molecule has 0 aliphatic carbocycles. The van der Waals surface area contributed by atoms with E-state index in [2.05, 4.69) is 65.7 Å². The van der Waals surface area contributed by atoms with Crippen LogP contribution in [0.2, 0.25) is 0 Å². The first-order valence-corrected chi connectivity index (χ1v) is 12.7. The van der Waals surface area contributed by atoms with Gasteiger partial charge in [-0.05, 0) is 63.2 Å². The van der Waals surface area contributed by atoms with Gasteiger partial charge in [-0.2, -0.15) is 4.98 Å². The van der Waals surface area contributed by atoms with Crippen molar-refractivity contribution < 1.29 is 4.74 Å². The van der Waals surface area contributed by atoms with Crippen molar-refractivity contribution in [3.63, 3.8) is 0 Å². The summed E-state index contributed by atoms with van der Waals surface area (Å²) < 4.78 is 5.65. The maximum atomic E-state index is 5.65. The molecule has 3 N–H and O–H groups in total. The van der Waals surface area contributed by atoms with Gasteiger partial charge in [0.25, 0.3) is 0 Å². The van der Waals surface area contributed by atoms with Gasteiger partial charge in [-0.15, -0.1) is 0 Å². The first-order valence-electron chi connectivity index (χ1n) is 12.7. The highest BCUT2D eigenvalue weighted by atomic mass is 16.5. The highest BCUT2D eigenvalue weighted by molar-refractivity contribution is 5.61. The van der Waals surface area contributed by atoms with Gasteiger partial charge in [0.05, 0.1) is 7.11 Å². The molecular weight excluding hydrogens is 478 g/mol. The molecule has 5 rings (SSSR count). The molecule has 1 fully saturated rings. The molecule has 1 aromatic carbocycles. The number of nitrogens with zero attached hydrogens (tertiary/aromatic N) is 6. The topological polar surface area (TPSA) is 113 Å². The van der Waals surface area contributed by atoms with Crippen LogP contribution in [0.15, 0.2) is 60.9 Å². The highest BCUT2D eigenvalue weighted by Crippen LogP contribution is 2.27. The van der Waals surface area contributed by atoms with Gasteiger partial charge in [0, 0.05) is 61.1 Å². The lowest BCUT2D eigenvalue weighted by Gasteiger charge is -2.36. The van der Waals surface area contributed by atoms with Crippen molar-refractivity contribution in [2.24, 2.45) is 0 Å². The third-order valence-electron chi connectivity index (χ3n) is 6.25. The Kier molecular flexibility index (Phi) is 7.71. The summed E-state index contributed by atoms with van der Waals surface area (Å²) in [5.41, 5.74) is 3.64. The molecular formula is C28H33N9O. The van der Waals surface area contributed by atoms with E-state index in [1.807, 2.05) is 37.3 Å². The SMILES string of the molecule is COc1ccc(Nc2nccc(Nc3ccnc(-c4cccc(C)n4)n3)n2)cc1CN1CC(C)NC(C)C1. The predicted molar refractivity (Wildman–Crippen MR) is 149 cm³/mol. The van der Waals surface area contributed by atoms with Crippen LogP contribution in [0.5, 0.6) is 5.75 Å². The highest BCUT2D eigenvalue weighted by Gasteiger charge is 2.22. The van der Waals surface area contributed by atoms with E-state index in [0.29, 0.717) is 35.5 Å². The maximum Gasteiger partial charge on any atom is 0.229 e. The van der Waals surface area contributed by atoms with Gasteiger partial charge in [0.2, 0.25) is 5.95 Å². The number of hydrogen-bond acceptors (Lipinski definition) is 10. The monoisotopic (exact) mass is 511 g/mol. The molecule has 0 radical (unpaired) electrons. The molecule has 4 heterocycles. The summed E-state index contributed by atoms with van der Waals surface area (Å²) in [6, 6.07) is 16.3. The van der Waals surface area contributed by atoms with Crippen LogP contribution in [0.1, 0.15) is 25.1 Å². The first kappa shape index (κ1) is 25.5. The molecule has 0 saturated carbocycles. The molecule has 1 saturated heterocycles. The molecule has 2 atom stereocenters. The number of ether oxygens (including phenoxy) is 1. The third kappa shape index (κ3) is 6.39. The Morgan fingerprint density at radius 1 is 0.921 bits per heavy atom. The summed E-state index contributed by atoms with van der Waals surface area (Å²) in [4.78, 5) is 25.0. The van der Waals surface area contributed by atoms with E-state index in [1.54, 1.807) is 31.6 Å². The van der Waals surface area contributed by atoms with Crippen molar-refractivity contribution in [3.8, 4) is 17.3 Å². The second-order valence-electron chi connectivity index (χ2n) is 9.63. The molecule has 2 unspecified atom stereocenters. The second kappa shape index (κ2) is 11.5. The lowest BCUT2D eigenvalue weighted by atomic mass is 10.1. The number of nitrogens with one attached hydrogen (secondary N) is 3. The number of hydrogen-bond donors (Lipinski definition) is 3. The Bertz CT molecular complexity index is 1390. The van der Waals surface area contributed by atoms with Gasteiger partial charge in [-0.25, -0.2) is 19.9 Å². The normalized spacial score (nSPS) is 17.7. The van der Waals surface area contributed by atoms with E-state index in [-0.39, 0.29) is 0 Å². The zero-order valence-electron chi connectivity index (χ0n) is 22.1. The fourth-order valence-electron chi connectivity index (χ4n) is 4.76. The summed E-state index contributed by atoms with van der Waals surface area (Å²) in [6.07, 6.45) is 3.41. The van der Waals surface area contributed by atoms with Crippen molar-refractivity contribution in [1.29, 1.82) is 0 Å². The molecule has 0 amide bonds. The molecule has 10 nitrogen and oxygen atoms in total. The van der Waals surface area contributed by atoms with Crippen molar-refractivity contribution in [2.75, 3.05) is 30.8 Å². The zero-order valence-corrected chi connectivity index (χ0v) is 22.1. The molecule has 1 aliphatic rings. The molecule has 0 spiro atoms. The van der Waals surface area contributed by atoms with Gasteiger partial charge >= 0.3 is 0 Å². The summed E-state index contributed by atoms with van der Waals surface area (Å²) in [7, 11) is 1.71. The van der Waals surface area contributed by atoms with Crippen molar-refractivity contribution >= 4 is 23.3 Å². The number of piperazine rings is 1. The Morgan fingerprint density at radius 3 is 2.45 bits per heavy atom. The van der Waals surface area contributed by atoms with Gasteiger partial charge in [0.15, 0.2) is 5.82 Å². The smallest absolute Gasteiger partial charge is 0.229 e. The van der Waals surface area contributed by atoms with Gasteiger partial charge in [-0.1, -0.05) is 6.07 Å². The summed E-state index contributed by atoms with van der Waals surface area (Å²) in [5, 5.41) is 10.2. The Morgan fingerprint density at radius 2 is 1.68 bits per heavy atom. The quantitative estimate of drug-likeness (QED) is 0.316. The number of rotatable bonds is 8. The summed E-state index contributed by atoms with van der Waals surface area (Å²) in [5.74, 6) is 3.12. The van der Waals surface area contributed by atoms with Crippen LogP contribution in [0.4, 0.5) is 23.3 Å². The third-order valence-corrected chi connectivity index (χ3v) is 6.25. The van der Waals surface area contributed by atoms with Crippen molar-refractivity contribution in [1.82, 2.24) is 35.1 Å². The molecule has 10 heteroatoms. The van der Waals surface area contributed by atoms with Crippen LogP contribution in [0.25, 0.3) is 11.5 Å². The largest absolute Gasteiger partial charge is 0.496 e. The summed E-state index contributed by atoms with van der Waals surface area (Å²) in [6.45, 7) is 9.18. The fraction of sp³-hybridized carbons (Fsp3) is 0.321. The second-order valence-corrected chi connectivity index (χ2v) is 9.63. The number of anilines is 4. The van der Waals surface area contributed by atoms with Gasteiger partial charge < -0.3 is 20.7 Å². The minimum atomic E-state index is 0.453. The molecule has 4 aromatic rings. The molecule has 0 bridgehead atoms. The average molecular weight is 512 g/mol. The summed E-state index contributed by atoms with van der Waals surface area (Å²) >= 11 is 0. The van der Waals surface area contributed by atoms with Gasteiger partial charge in [-0.3, -0.25) is 4.90 Å². The van der Waals surface area contributed by atoms with Gasteiger partial charge in [0.1, 0.15) is 23.1 Å². The standard InChI is InChI=1S/C28H33N9O/c1-18-6-5-7-23(32-18)27-29-12-10-25(35-27)34-26-11-13-30-28(36-26)33-22-8-9-24(38-4)21(14-22)17-37-15-19(2)31-20(3)16-37/h5-14,19-20,31H,15-17H2,1-4H3,(H2,29,30,33,34,35,36). The molecule has 196 valence electrons. The van der Waals surface area contributed by atoms with E-state index in [0.717, 1.165) is 48.0 Å². The van der Waals surface area contributed by atoms with Crippen LogP contribution in [-0.4, -0.2) is 62.1 Å². The van der Waals surface area contributed by atoms with Crippen molar-refractivity contribution in [2.45, 2.75) is 39.4 Å². The lowest BCUT2D eigenvalue weighted by Crippen LogP contribution is -2.53. The maximum absolute atomic E-state index is 5.65. The van der Waals surface area contributed by atoms with E-state index in [9.17, 15) is 0 Å². The van der Waals surface area contributed by atoms with Crippen molar-refractivity contribution in [3.05, 3.63) is 72.2 Å². The first-order chi connectivity index (χ1) is 18.4. The number of aromatic nitrogens is 5. The predicted octanol–water partition coefficient (Wildman–Crippen LogP) is 4.32. The van der Waals surface area contributed by atoms with Crippen LogP contribution >= 0.6 is 0 Å².